The van der Waals surface area contributed by atoms with E-state index in [9.17, 15) is 0 Å². The van der Waals surface area contributed by atoms with E-state index in [4.69, 9.17) is 33.2 Å². The van der Waals surface area contributed by atoms with Gasteiger partial charge in [0.05, 0.1) is 23.8 Å². The topological polar surface area (TPSA) is 97.5 Å². The van der Waals surface area contributed by atoms with Gasteiger partial charge in [0.15, 0.2) is 22.7 Å². The van der Waals surface area contributed by atoms with Crippen LogP contribution in [-0.2, 0) is 0 Å². The van der Waals surface area contributed by atoms with Gasteiger partial charge in [0.25, 0.3) is 11.4 Å². The normalized spacial score (nSPS) is 12.1. The van der Waals surface area contributed by atoms with E-state index in [1.807, 2.05) is 36.4 Å². The second kappa shape index (κ2) is 14.4. The van der Waals surface area contributed by atoms with Crippen molar-refractivity contribution in [1.82, 2.24) is 19.9 Å². The zero-order valence-corrected chi connectivity index (χ0v) is 36.5. The molecule has 15 aromatic rings. The largest absolute Gasteiger partial charge is 0.456 e. The maximum absolute atomic E-state index is 6.60. The molecule has 0 atom stereocenters. The van der Waals surface area contributed by atoms with Crippen molar-refractivity contribution in [3.05, 3.63) is 207 Å². The number of hydrogen-bond acceptors (Lipinski definition) is 9. The quantitative estimate of drug-likeness (QED) is 0.151. The summed E-state index contributed by atoms with van der Waals surface area (Å²) < 4.78 is 19.4. The van der Waals surface area contributed by atoms with Crippen LogP contribution in [0.15, 0.2) is 220 Å². The molecule has 0 N–H and O–H groups in total. The van der Waals surface area contributed by atoms with Gasteiger partial charge in [-0.1, -0.05) is 97.1 Å². The molecule has 0 amide bonds. The van der Waals surface area contributed by atoms with Gasteiger partial charge in [-0.3, -0.25) is 9.80 Å². The van der Waals surface area contributed by atoms with E-state index in [-0.39, 0.29) is 0 Å². The number of fused-ring (bicyclic) bond motifs is 13. The Labute approximate surface area is 391 Å². The summed E-state index contributed by atoms with van der Waals surface area (Å²) in [6.07, 6.45) is 3.54. The number of nitrogens with zero attached hydrogens (tertiary/aromatic N) is 6. The Kier molecular flexibility index (Phi) is 7.87. The minimum Gasteiger partial charge on any atom is -0.456 e. The van der Waals surface area contributed by atoms with Gasteiger partial charge in [-0.15, -0.1) is 0 Å². The van der Waals surface area contributed by atoms with Gasteiger partial charge in [-0.2, -0.15) is 9.97 Å². The number of hydrogen-bond donors (Lipinski definition) is 0. The molecule has 0 radical (unpaired) electrons. The molecular formula is C60H34N6O3. The Morgan fingerprint density at radius 1 is 0.290 bits per heavy atom. The van der Waals surface area contributed by atoms with Crippen molar-refractivity contribution in [2.75, 3.05) is 9.80 Å². The molecule has 15 rings (SSSR count). The zero-order chi connectivity index (χ0) is 45.2. The highest BCUT2D eigenvalue weighted by Crippen LogP contribution is 2.42. The van der Waals surface area contributed by atoms with Crippen molar-refractivity contribution >= 4 is 144 Å². The van der Waals surface area contributed by atoms with Gasteiger partial charge in [0.1, 0.15) is 22.3 Å². The van der Waals surface area contributed by atoms with Gasteiger partial charge in [-0.25, -0.2) is 9.97 Å². The Bertz CT molecular complexity index is 4320. The summed E-state index contributed by atoms with van der Waals surface area (Å²) in [6, 6.07) is 67.5. The highest BCUT2D eigenvalue weighted by Gasteiger charge is 2.23. The van der Waals surface area contributed by atoms with Crippen LogP contribution in [0.3, 0.4) is 0 Å². The van der Waals surface area contributed by atoms with E-state index >= 15 is 0 Å². The first-order valence-corrected chi connectivity index (χ1v) is 22.8. The van der Waals surface area contributed by atoms with Crippen molar-refractivity contribution in [3.63, 3.8) is 0 Å². The molecule has 69 heavy (non-hydrogen) atoms. The van der Waals surface area contributed by atoms with Gasteiger partial charge in [0.2, 0.25) is 0 Å². The second-order valence-corrected chi connectivity index (χ2v) is 17.6. The van der Waals surface area contributed by atoms with Crippen LogP contribution in [0.1, 0.15) is 0 Å². The highest BCUT2D eigenvalue weighted by atomic mass is 16.4. The van der Waals surface area contributed by atoms with E-state index in [1.54, 1.807) is 12.4 Å². The monoisotopic (exact) mass is 886 g/mol. The lowest BCUT2D eigenvalue weighted by molar-refractivity contribution is 0.638. The predicted octanol–water partition coefficient (Wildman–Crippen LogP) is 16.5. The van der Waals surface area contributed by atoms with E-state index in [0.717, 1.165) is 88.2 Å². The third-order valence-electron chi connectivity index (χ3n) is 13.5. The number of aromatic nitrogens is 4. The number of furan rings is 3. The molecule has 0 saturated carbocycles. The fourth-order valence-electron chi connectivity index (χ4n) is 10.2. The Hall–Kier alpha value is -9.60. The first-order chi connectivity index (χ1) is 34.1. The molecule has 0 aliphatic rings. The third kappa shape index (κ3) is 5.97. The predicted molar refractivity (Wildman–Crippen MR) is 279 cm³/mol. The molecule has 0 unspecified atom stereocenters. The van der Waals surface area contributed by atoms with Gasteiger partial charge >= 0.3 is 0 Å². The average Bonchev–Trinajstić information content (AvgIpc) is 4.08. The number of benzene rings is 10. The summed E-state index contributed by atoms with van der Waals surface area (Å²) in [4.78, 5) is 24.5. The second-order valence-electron chi connectivity index (χ2n) is 17.6. The maximum Gasteiger partial charge on any atom is 0.251 e. The van der Waals surface area contributed by atoms with Crippen molar-refractivity contribution in [1.29, 1.82) is 0 Å². The standard InChI is InChI=1S/C60H34N6O3/c1-3-11-37-27-41-29-43(19-17-39(41)25-35(37)9-1)65(45-21-23-49-47-13-5-7-15-51(47)67-53(49)31-45)55-33-61-57-58-60(69-59(57)63-55)64-56(34-62-58)66(46-22-24-50-48-14-6-8-16-52(48)68-54(50)32-46)44-20-18-40-26-36-10-2-4-12-38(36)28-42(40)30-44/h1-34H. The smallest absolute Gasteiger partial charge is 0.251 e. The Morgan fingerprint density at radius 3 is 1.12 bits per heavy atom. The SMILES string of the molecule is c1ccc2cc3cc(N(c4ccc5c(c4)oc4ccccc45)c4cnc5c(n4)oc4nc(N(c6ccc7cc8ccccc8cc7c6)c6ccc7c(c6)oc6ccccc67)cnc45)ccc3cc2c1. The van der Waals surface area contributed by atoms with Crippen molar-refractivity contribution in [3.8, 4) is 0 Å². The van der Waals surface area contributed by atoms with Crippen LogP contribution >= 0.6 is 0 Å². The van der Waals surface area contributed by atoms with Crippen LogP contribution in [0.25, 0.3) is 109 Å². The lowest BCUT2D eigenvalue weighted by atomic mass is 10.0. The number of anilines is 6. The minimum absolute atomic E-state index is 0.314. The molecule has 0 aliphatic carbocycles. The molecule has 0 fully saturated rings. The van der Waals surface area contributed by atoms with Crippen LogP contribution in [-0.4, -0.2) is 19.9 Å². The summed E-state index contributed by atoms with van der Waals surface area (Å²) >= 11 is 0. The lowest BCUT2D eigenvalue weighted by Crippen LogP contribution is -2.12. The van der Waals surface area contributed by atoms with Gasteiger partial charge < -0.3 is 13.3 Å². The fraction of sp³-hybridized carbons (Fsp3) is 0. The molecule has 0 saturated heterocycles. The van der Waals surface area contributed by atoms with Gasteiger partial charge in [0, 0.05) is 45.1 Å². The first kappa shape index (κ1) is 37.6. The van der Waals surface area contributed by atoms with Gasteiger partial charge in [-0.05, 0) is 128 Å². The maximum atomic E-state index is 6.60. The molecule has 9 heteroatoms. The van der Waals surface area contributed by atoms with E-state index in [1.165, 1.54) is 21.5 Å². The summed E-state index contributed by atoms with van der Waals surface area (Å²) in [6.45, 7) is 0. The Morgan fingerprint density at radius 2 is 0.652 bits per heavy atom. The fourth-order valence-corrected chi connectivity index (χ4v) is 10.2. The van der Waals surface area contributed by atoms with Crippen LogP contribution in [0.2, 0.25) is 0 Å². The molecule has 0 aliphatic heterocycles. The summed E-state index contributed by atoms with van der Waals surface area (Å²) in [5, 5.41) is 13.4. The molecule has 9 nitrogen and oxygen atoms in total. The van der Waals surface area contributed by atoms with E-state index < -0.39 is 0 Å². The number of rotatable bonds is 6. The minimum atomic E-state index is 0.314. The van der Waals surface area contributed by atoms with Crippen LogP contribution in [0.5, 0.6) is 0 Å². The van der Waals surface area contributed by atoms with Crippen molar-refractivity contribution in [2.45, 2.75) is 0 Å². The summed E-state index contributed by atoms with van der Waals surface area (Å²) in [5.74, 6) is 1.11. The Balaban J connectivity index is 0.887. The zero-order valence-electron chi connectivity index (χ0n) is 36.5. The molecular weight excluding hydrogens is 853 g/mol. The molecule has 5 aromatic heterocycles. The molecule has 322 valence electrons. The molecule has 10 aromatic carbocycles. The molecule has 0 bridgehead atoms. The molecule has 5 heterocycles. The first-order valence-electron chi connectivity index (χ1n) is 22.8. The van der Waals surface area contributed by atoms with Crippen LogP contribution < -0.4 is 9.80 Å². The van der Waals surface area contributed by atoms with Crippen LogP contribution in [0, 0.1) is 0 Å². The van der Waals surface area contributed by atoms with E-state index in [0.29, 0.717) is 34.1 Å². The average molecular weight is 887 g/mol. The molecule has 0 spiro atoms. The highest BCUT2D eigenvalue weighted by molar-refractivity contribution is 6.08. The van der Waals surface area contributed by atoms with Crippen LogP contribution in [0.4, 0.5) is 34.4 Å². The lowest BCUT2D eigenvalue weighted by Gasteiger charge is -2.24. The summed E-state index contributed by atoms with van der Waals surface area (Å²) in [7, 11) is 0. The third-order valence-corrected chi connectivity index (χ3v) is 13.5. The van der Waals surface area contributed by atoms with E-state index in [2.05, 4.69) is 168 Å². The van der Waals surface area contributed by atoms with Crippen molar-refractivity contribution < 1.29 is 13.3 Å². The van der Waals surface area contributed by atoms with Crippen molar-refractivity contribution in [2.24, 2.45) is 0 Å². The summed E-state index contributed by atoms with van der Waals surface area (Å²) in [5.41, 5.74) is 8.37. The number of para-hydroxylation sites is 2.